The Morgan fingerprint density at radius 3 is 2.92 bits per heavy atom. The lowest BCUT2D eigenvalue weighted by atomic mass is 10.0. The van der Waals surface area contributed by atoms with Gasteiger partial charge in [-0.25, -0.2) is 4.98 Å². The molecule has 3 heteroatoms. The number of nitrogen functional groups attached to an aromatic ring is 1. The number of anilines is 1. The third-order valence-electron chi connectivity index (χ3n) is 2.13. The topological polar surface area (TPSA) is 38.9 Å². The molecule has 0 bridgehead atoms. The lowest BCUT2D eigenvalue weighted by Crippen LogP contribution is -1.89. The Labute approximate surface area is 81.4 Å². The first-order chi connectivity index (χ1) is 6.18. The minimum absolute atomic E-state index is 0.551. The van der Waals surface area contributed by atoms with Crippen molar-refractivity contribution in [3.05, 3.63) is 23.2 Å². The van der Waals surface area contributed by atoms with Gasteiger partial charge in [-0.3, -0.25) is 0 Å². The van der Waals surface area contributed by atoms with Crippen LogP contribution in [-0.2, 0) is 0 Å². The molecule has 2 nitrogen and oxygen atoms in total. The van der Waals surface area contributed by atoms with Crippen LogP contribution in [0.2, 0.25) is 0 Å². The van der Waals surface area contributed by atoms with E-state index in [-0.39, 0.29) is 0 Å². The van der Waals surface area contributed by atoms with Gasteiger partial charge in [0.1, 0.15) is 5.82 Å². The predicted molar refractivity (Wildman–Crippen MR) is 58.1 cm³/mol. The highest BCUT2D eigenvalue weighted by Gasteiger charge is 2.07. The smallest absolute Gasteiger partial charge is 0.123 e. The summed E-state index contributed by atoms with van der Waals surface area (Å²) in [5.41, 5.74) is 7.02. The normalized spacial score (nSPS) is 11.3. The first kappa shape index (κ1) is 8.51. The zero-order valence-electron chi connectivity index (χ0n) is 7.74. The standard InChI is InChI=1S/C10H12N2S/c1-6(2)8-5-13-9-4-12-10(11)3-7(8)9/h3-6H,1-2H3,(H2,11,12). The maximum atomic E-state index is 5.65. The number of pyridine rings is 1. The van der Waals surface area contributed by atoms with E-state index in [9.17, 15) is 0 Å². The van der Waals surface area contributed by atoms with E-state index in [2.05, 4.69) is 24.2 Å². The average Bonchev–Trinajstić information content (AvgIpc) is 2.46. The van der Waals surface area contributed by atoms with Crippen molar-refractivity contribution >= 4 is 27.2 Å². The molecule has 0 atom stereocenters. The molecule has 13 heavy (non-hydrogen) atoms. The van der Waals surface area contributed by atoms with Gasteiger partial charge in [0.25, 0.3) is 0 Å². The average molecular weight is 192 g/mol. The second-order valence-corrected chi connectivity index (χ2v) is 4.36. The highest BCUT2D eigenvalue weighted by molar-refractivity contribution is 7.17. The molecule has 68 valence electrons. The van der Waals surface area contributed by atoms with E-state index in [1.165, 1.54) is 15.6 Å². The van der Waals surface area contributed by atoms with Gasteiger partial charge in [0.15, 0.2) is 0 Å². The van der Waals surface area contributed by atoms with Crippen LogP contribution < -0.4 is 5.73 Å². The maximum Gasteiger partial charge on any atom is 0.123 e. The third-order valence-corrected chi connectivity index (χ3v) is 3.09. The molecule has 0 unspecified atom stereocenters. The maximum absolute atomic E-state index is 5.65. The summed E-state index contributed by atoms with van der Waals surface area (Å²) in [5.74, 6) is 1.16. The van der Waals surface area contributed by atoms with E-state index in [0.29, 0.717) is 11.7 Å². The minimum atomic E-state index is 0.551. The number of nitrogens with two attached hydrogens (primary N) is 1. The van der Waals surface area contributed by atoms with Gasteiger partial charge in [0.2, 0.25) is 0 Å². The largest absolute Gasteiger partial charge is 0.384 e. The molecule has 0 saturated carbocycles. The summed E-state index contributed by atoms with van der Waals surface area (Å²) < 4.78 is 1.22. The fourth-order valence-corrected chi connectivity index (χ4v) is 2.49. The SMILES string of the molecule is CC(C)c1csc2cnc(N)cc12. The fraction of sp³-hybridized carbons (Fsp3) is 0.300. The van der Waals surface area contributed by atoms with Crippen LogP contribution in [0, 0.1) is 0 Å². The lowest BCUT2D eigenvalue weighted by molar-refractivity contribution is 0.880. The molecule has 0 aliphatic heterocycles. The van der Waals surface area contributed by atoms with Gasteiger partial charge in [-0.1, -0.05) is 13.8 Å². The molecule has 0 aromatic carbocycles. The van der Waals surface area contributed by atoms with Crippen molar-refractivity contribution in [3.8, 4) is 0 Å². The van der Waals surface area contributed by atoms with Crippen molar-refractivity contribution in [3.63, 3.8) is 0 Å². The molecule has 2 N–H and O–H groups in total. The van der Waals surface area contributed by atoms with E-state index in [1.54, 1.807) is 11.3 Å². The summed E-state index contributed by atoms with van der Waals surface area (Å²) in [6, 6.07) is 1.96. The zero-order chi connectivity index (χ0) is 9.42. The summed E-state index contributed by atoms with van der Waals surface area (Å²) in [4.78, 5) is 4.07. The number of fused-ring (bicyclic) bond motifs is 1. The Morgan fingerprint density at radius 1 is 1.46 bits per heavy atom. The molecular formula is C10H12N2S. The summed E-state index contributed by atoms with van der Waals surface area (Å²) in [6.45, 7) is 4.39. The summed E-state index contributed by atoms with van der Waals surface area (Å²) in [5, 5.41) is 3.45. The number of hydrogen-bond acceptors (Lipinski definition) is 3. The fourth-order valence-electron chi connectivity index (χ4n) is 1.42. The van der Waals surface area contributed by atoms with Gasteiger partial charge in [0.05, 0.1) is 4.70 Å². The van der Waals surface area contributed by atoms with Gasteiger partial charge in [-0.15, -0.1) is 11.3 Å². The molecular weight excluding hydrogens is 180 g/mol. The minimum Gasteiger partial charge on any atom is -0.384 e. The highest BCUT2D eigenvalue weighted by atomic mass is 32.1. The van der Waals surface area contributed by atoms with Crippen LogP contribution in [0.15, 0.2) is 17.6 Å². The van der Waals surface area contributed by atoms with Crippen LogP contribution in [0.4, 0.5) is 5.82 Å². The zero-order valence-corrected chi connectivity index (χ0v) is 8.56. The van der Waals surface area contributed by atoms with Crippen LogP contribution in [0.3, 0.4) is 0 Å². The summed E-state index contributed by atoms with van der Waals surface area (Å²) >= 11 is 1.73. The van der Waals surface area contributed by atoms with Crippen LogP contribution in [0.1, 0.15) is 25.3 Å². The quantitative estimate of drug-likeness (QED) is 0.754. The number of hydrogen-bond donors (Lipinski definition) is 1. The van der Waals surface area contributed by atoms with Gasteiger partial charge >= 0.3 is 0 Å². The van der Waals surface area contributed by atoms with Crippen LogP contribution in [0.25, 0.3) is 10.1 Å². The first-order valence-electron chi connectivity index (χ1n) is 4.31. The molecule has 2 heterocycles. The molecule has 2 aromatic heterocycles. The van der Waals surface area contributed by atoms with Crippen molar-refractivity contribution in [1.82, 2.24) is 4.98 Å². The van der Waals surface area contributed by atoms with E-state index in [0.717, 1.165) is 0 Å². The Kier molecular flexibility index (Phi) is 1.96. The Morgan fingerprint density at radius 2 is 2.23 bits per heavy atom. The summed E-state index contributed by atoms with van der Waals surface area (Å²) in [6.07, 6.45) is 1.85. The summed E-state index contributed by atoms with van der Waals surface area (Å²) in [7, 11) is 0. The van der Waals surface area contributed by atoms with Gasteiger partial charge in [-0.2, -0.15) is 0 Å². The van der Waals surface area contributed by atoms with Crippen LogP contribution >= 0.6 is 11.3 Å². The number of thiophene rings is 1. The van der Waals surface area contributed by atoms with E-state index < -0.39 is 0 Å². The van der Waals surface area contributed by atoms with E-state index in [1.807, 2.05) is 12.3 Å². The Bertz CT molecular complexity index is 431. The molecule has 0 fully saturated rings. The van der Waals surface area contributed by atoms with Crippen molar-refractivity contribution in [2.75, 3.05) is 5.73 Å². The molecule has 0 saturated heterocycles. The predicted octanol–water partition coefficient (Wildman–Crippen LogP) is 3.00. The van der Waals surface area contributed by atoms with Crippen LogP contribution in [-0.4, -0.2) is 4.98 Å². The molecule has 0 aliphatic rings. The Hall–Kier alpha value is -1.09. The second kappa shape index (κ2) is 3.00. The van der Waals surface area contributed by atoms with E-state index >= 15 is 0 Å². The number of nitrogens with zero attached hydrogens (tertiary/aromatic N) is 1. The molecule has 0 radical (unpaired) electrons. The van der Waals surface area contributed by atoms with Crippen molar-refractivity contribution in [2.24, 2.45) is 0 Å². The van der Waals surface area contributed by atoms with Gasteiger partial charge in [-0.05, 0) is 22.9 Å². The molecule has 2 aromatic rings. The van der Waals surface area contributed by atoms with Crippen molar-refractivity contribution in [2.45, 2.75) is 19.8 Å². The van der Waals surface area contributed by atoms with E-state index in [4.69, 9.17) is 5.73 Å². The van der Waals surface area contributed by atoms with Gasteiger partial charge < -0.3 is 5.73 Å². The van der Waals surface area contributed by atoms with Crippen molar-refractivity contribution < 1.29 is 0 Å². The lowest BCUT2D eigenvalue weighted by Gasteiger charge is -2.02. The number of rotatable bonds is 1. The van der Waals surface area contributed by atoms with Crippen molar-refractivity contribution in [1.29, 1.82) is 0 Å². The molecule has 0 aliphatic carbocycles. The molecule has 0 spiro atoms. The Balaban J connectivity index is 2.71. The molecule has 0 amide bonds. The molecule has 2 rings (SSSR count). The second-order valence-electron chi connectivity index (χ2n) is 3.45. The highest BCUT2D eigenvalue weighted by Crippen LogP contribution is 2.31. The van der Waals surface area contributed by atoms with Crippen LogP contribution in [0.5, 0.6) is 0 Å². The number of aromatic nitrogens is 1. The first-order valence-corrected chi connectivity index (χ1v) is 5.19. The third kappa shape index (κ3) is 1.40. The van der Waals surface area contributed by atoms with Gasteiger partial charge in [0, 0.05) is 11.6 Å². The monoisotopic (exact) mass is 192 g/mol.